The van der Waals surface area contributed by atoms with E-state index in [-0.39, 0.29) is 36.7 Å². The van der Waals surface area contributed by atoms with Gasteiger partial charge in [-0.15, -0.1) is 12.4 Å². The number of amides is 2. The molecule has 2 aliphatic rings. The summed E-state index contributed by atoms with van der Waals surface area (Å²) in [5.41, 5.74) is -0.211. The fraction of sp³-hybridized carbons (Fsp3) is 0.619. The van der Waals surface area contributed by atoms with E-state index in [2.05, 4.69) is 5.32 Å². The summed E-state index contributed by atoms with van der Waals surface area (Å²) < 4.78 is 44.0. The van der Waals surface area contributed by atoms with Gasteiger partial charge in [0.05, 0.1) is 31.2 Å². The summed E-state index contributed by atoms with van der Waals surface area (Å²) in [6.07, 6.45) is -2.21. The van der Waals surface area contributed by atoms with E-state index in [1.165, 1.54) is 19.1 Å². The number of ether oxygens (including phenoxy) is 1. The molecule has 0 radical (unpaired) electrons. The van der Waals surface area contributed by atoms with E-state index in [1.54, 1.807) is 9.80 Å². The highest BCUT2D eigenvalue weighted by Crippen LogP contribution is 2.29. The van der Waals surface area contributed by atoms with E-state index < -0.39 is 11.7 Å². The zero-order chi connectivity index (χ0) is 21.7. The molecule has 0 aromatic heterocycles. The summed E-state index contributed by atoms with van der Waals surface area (Å²) in [7, 11) is 0. The first kappa shape index (κ1) is 25.4. The number of rotatable bonds is 6. The van der Waals surface area contributed by atoms with E-state index in [0.29, 0.717) is 44.5 Å². The molecule has 174 valence electrons. The van der Waals surface area contributed by atoms with Gasteiger partial charge in [0.2, 0.25) is 11.8 Å². The number of carbonyl (C=O) groups excluding carboxylic acids is 2. The number of alkyl halides is 3. The molecule has 31 heavy (non-hydrogen) atoms. The zero-order valence-corrected chi connectivity index (χ0v) is 18.3. The van der Waals surface area contributed by atoms with E-state index in [9.17, 15) is 22.8 Å². The summed E-state index contributed by atoms with van der Waals surface area (Å²) in [4.78, 5) is 28.1. The number of hydrogen-bond acceptors (Lipinski definition) is 4. The van der Waals surface area contributed by atoms with E-state index in [0.717, 1.165) is 31.5 Å². The molecular formula is C21H29ClF3N3O3. The van der Waals surface area contributed by atoms with Gasteiger partial charge in [0.1, 0.15) is 0 Å². The van der Waals surface area contributed by atoms with Gasteiger partial charge in [-0.05, 0) is 37.1 Å². The molecule has 6 nitrogen and oxygen atoms in total. The Balaban J connectivity index is 0.00000341. The molecule has 0 aliphatic carbocycles. The number of carbonyl (C=O) groups is 2. The van der Waals surface area contributed by atoms with Gasteiger partial charge in [-0.1, -0.05) is 12.1 Å². The number of nitrogens with zero attached hydrogens (tertiary/aromatic N) is 2. The van der Waals surface area contributed by atoms with Crippen LogP contribution >= 0.6 is 12.4 Å². The van der Waals surface area contributed by atoms with Crippen LogP contribution in [0.2, 0.25) is 0 Å². The summed E-state index contributed by atoms with van der Waals surface area (Å²) in [6, 6.07) is 4.70. The third-order valence-corrected chi connectivity index (χ3v) is 5.68. The van der Waals surface area contributed by atoms with Crippen LogP contribution in [-0.4, -0.2) is 73.1 Å². The molecule has 0 bridgehead atoms. The minimum absolute atomic E-state index is 0. The Morgan fingerprint density at radius 1 is 1.16 bits per heavy atom. The van der Waals surface area contributed by atoms with Gasteiger partial charge in [-0.2, -0.15) is 13.2 Å². The predicted molar refractivity (Wildman–Crippen MR) is 112 cm³/mol. The molecule has 1 aromatic rings. The van der Waals surface area contributed by atoms with E-state index in [1.807, 2.05) is 0 Å². The van der Waals surface area contributed by atoms with Crippen molar-refractivity contribution < 1.29 is 27.5 Å². The fourth-order valence-corrected chi connectivity index (χ4v) is 3.95. The number of hydrogen-bond donors (Lipinski definition) is 1. The van der Waals surface area contributed by atoms with Crippen molar-refractivity contribution in [1.29, 1.82) is 0 Å². The maximum Gasteiger partial charge on any atom is 0.416 e. The predicted octanol–water partition coefficient (Wildman–Crippen LogP) is 2.50. The highest BCUT2D eigenvalue weighted by Gasteiger charge is 2.33. The minimum atomic E-state index is -4.40. The maximum atomic E-state index is 12.9. The topological polar surface area (TPSA) is 61.9 Å². The lowest BCUT2D eigenvalue weighted by atomic mass is 10.1. The molecule has 2 unspecified atom stereocenters. The summed E-state index contributed by atoms with van der Waals surface area (Å²) in [6.45, 7) is 4.57. The highest BCUT2D eigenvalue weighted by atomic mass is 35.5. The Labute approximate surface area is 186 Å². The second kappa shape index (κ2) is 11.2. The minimum Gasteiger partial charge on any atom is -0.378 e. The molecule has 2 aliphatic heterocycles. The first-order valence-electron chi connectivity index (χ1n) is 10.3. The van der Waals surface area contributed by atoms with Crippen LogP contribution < -0.4 is 5.32 Å². The molecule has 2 fully saturated rings. The Hall–Kier alpha value is -1.84. The van der Waals surface area contributed by atoms with Gasteiger partial charge in [0.15, 0.2) is 0 Å². The molecule has 10 heteroatoms. The SMILES string of the molecule is CC(=O)N1CCN(C(=O)Cc2ccc(C(F)(F)F)cc2)C(COCC2CCCN2)C1.Cl. The zero-order valence-electron chi connectivity index (χ0n) is 17.5. The van der Waals surface area contributed by atoms with Gasteiger partial charge >= 0.3 is 6.18 Å². The van der Waals surface area contributed by atoms with Crippen molar-refractivity contribution in [2.45, 2.75) is 44.4 Å². The van der Waals surface area contributed by atoms with Gasteiger partial charge in [-0.3, -0.25) is 9.59 Å². The smallest absolute Gasteiger partial charge is 0.378 e. The lowest BCUT2D eigenvalue weighted by Crippen LogP contribution is -2.58. The van der Waals surface area contributed by atoms with Crippen LogP contribution in [0.15, 0.2) is 24.3 Å². The quantitative estimate of drug-likeness (QED) is 0.704. The number of piperazine rings is 1. The third-order valence-electron chi connectivity index (χ3n) is 5.68. The first-order valence-corrected chi connectivity index (χ1v) is 10.3. The van der Waals surface area contributed by atoms with Crippen molar-refractivity contribution in [2.24, 2.45) is 0 Å². The van der Waals surface area contributed by atoms with Crippen LogP contribution in [0.5, 0.6) is 0 Å². The lowest BCUT2D eigenvalue weighted by molar-refractivity contribution is -0.143. The molecule has 2 amide bonds. The third kappa shape index (κ3) is 7.08. The Kier molecular flexibility index (Phi) is 9.14. The normalized spacial score (nSPS) is 21.7. The molecule has 2 atom stereocenters. The average Bonchev–Trinajstić information content (AvgIpc) is 3.21. The molecule has 1 N–H and O–H groups in total. The summed E-state index contributed by atoms with van der Waals surface area (Å²) in [5.74, 6) is -0.224. The molecular weight excluding hydrogens is 435 g/mol. The lowest BCUT2D eigenvalue weighted by Gasteiger charge is -2.41. The molecule has 0 saturated carbocycles. The van der Waals surface area contributed by atoms with Crippen LogP contribution in [0.1, 0.15) is 30.9 Å². The van der Waals surface area contributed by atoms with Gasteiger partial charge in [0, 0.05) is 32.6 Å². The molecule has 1 aromatic carbocycles. The Morgan fingerprint density at radius 3 is 2.45 bits per heavy atom. The van der Waals surface area contributed by atoms with Gasteiger partial charge < -0.3 is 19.9 Å². The van der Waals surface area contributed by atoms with Crippen molar-refractivity contribution in [2.75, 3.05) is 39.4 Å². The van der Waals surface area contributed by atoms with Gasteiger partial charge in [-0.25, -0.2) is 0 Å². The van der Waals surface area contributed by atoms with Crippen LogP contribution in [0.3, 0.4) is 0 Å². The Bertz CT molecular complexity index is 740. The van der Waals surface area contributed by atoms with E-state index >= 15 is 0 Å². The highest BCUT2D eigenvalue weighted by molar-refractivity contribution is 5.85. The van der Waals surface area contributed by atoms with Gasteiger partial charge in [0.25, 0.3) is 0 Å². The molecule has 3 rings (SSSR count). The van der Waals surface area contributed by atoms with Crippen molar-refractivity contribution in [3.8, 4) is 0 Å². The number of halogens is 4. The van der Waals surface area contributed by atoms with Crippen molar-refractivity contribution >= 4 is 24.2 Å². The molecule has 0 spiro atoms. The monoisotopic (exact) mass is 463 g/mol. The fourth-order valence-electron chi connectivity index (χ4n) is 3.95. The van der Waals surface area contributed by atoms with Crippen LogP contribution in [0, 0.1) is 0 Å². The van der Waals surface area contributed by atoms with Crippen LogP contribution in [0.4, 0.5) is 13.2 Å². The second-order valence-corrected chi connectivity index (χ2v) is 7.91. The summed E-state index contributed by atoms with van der Waals surface area (Å²) in [5, 5.41) is 3.35. The Morgan fingerprint density at radius 2 is 1.87 bits per heavy atom. The van der Waals surface area contributed by atoms with Crippen molar-refractivity contribution in [3.05, 3.63) is 35.4 Å². The van der Waals surface area contributed by atoms with E-state index in [4.69, 9.17) is 4.74 Å². The average molecular weight is 464 g/mol. The largest absolute Gasteiger partial charge is 0.416 e. The van der Waals surface area contributed by atoms with Crippen molar-refractivity contribution in [1.82, 2.24) is 15.1 Å². The van der Waals surface area contributed by atoms with Crippen LogP contribution in [-0.2, 0) is 26.9 Å². The first-order chi connectivity index (χ1) is 14.2. The van der Waals surface area contributed by atoms with Crippen LogP contribution in [0.25, 0.3) is 0 Å². The maximum absolute atomic E-state index is 12.9. The number of benzene rings is 1. The molecule has 2 saturated heterocycles. The van der Waals surface area contributed by atoms with Crippen molar-refractivity contribution in [3.63, 3.8) is 0 Å². The molecule has 2 heterocycles. The standard InChI is InChI=1S/C21H28F3N3O3.ClH/c1-15(28)26-9-10-27(19(12-26)14-30-13-18-3-2-8-25-18)20(29)11-16-4-6-17(7-5-16)21(22,23)24;/h4-7,18-19,25H,2-3,8-14H2,1H3;1H. The number of nitrogens with one attached hydrogen (secondary N) is 1. The second-order valence-electron chi connectivity index (χ2n) is 7.91. The summed E-state index contributed by atoms with van der Waals surface area (Å²) >= 11 is 0.